The molecule has 0 bridgehead atoms. The number of rotatable bonds is 5. The highest BCUT2D eigenvalue weighted by Gasteiger charge is 2.12. The zero-order valence-electron chi connectivity index (χ0n) is 13.7. The van der Waals surface area contributed by atoms with Crippen LogP contribution in [-0.4, -0.2) is 9.97 Å². The lowest BCUT2D eigenvalue weighted by Gasteiger charge is -2.11. The van der Waals surface area contributed by atoms with E-state index in [1.54, 1.807) is 42.7 Å². The Hall–Kier alpha value is -2.47. The van der Waals surface area contributed by atoms with E-state index in [-0.39, 0.29) is 6.01 Å². The Kier molecular flexibility index (Phi) is 5.07. The van der Waals surface area contributed by atoms with Crippen molar-refractivity contribution in [2.24, 2.45) is 0 Å². The molecule has 0 unspecified atom stereocenters. The Labute approximate surface area is 169 Å². The summed E-state index contributed by atoms with van der Waals surface area (Å²) in [5.41, 5.74) is 0.677. The Morgan fingerprint density at radius 2 is 1.78 bits per heavy atom. The predicted octanol–water partition coefficient (Wildman–Crippen LogP) is 6.59. The van der Waals surface area contributed by atoms with Crippen LogP contribution in [-0.2, 0) is 6.54 Å². The lowest BCUT2D eigenvalue weighted by atomic mass is 10.2. The molecular weight excluding hydrogens is 409 g/mol. The fraction of sp³-hybridized carbons (Fsp3) is 0.0526. The molecule has 27 heavy (non-hydrogen) atoms. The Morgan fingerprint density at radius 3 is 2.56 bits per heavy atom. The van der Waals surface area contributed by atoms with Gasteiger partial charge in [-0.3, -0.25) is 0 Å². The smallest absolute Gasteiger partial charge is 0.324 e. The van der Waals surface area contributed by atoms with Crippen LogP contribution < -0.4 is 10.1 Å². The van der Waals surface area contributed by atoms with E-state index < -0.39 is 0 Å². The summed E-state index contributed by atoms with van der Waals surface area (Å²) in [6, 6.07) is 14.1. The number of furan rings is 1. The largest absolute Gasteiger partial charge is 0.467 e. The number of ether oxygens (including phenoxy) is 1. The number of benzene rings is 2. The summed E-state index contributed by atoms with van der Waals surface area (Å²) in [5.74, 6) is 1.75. The summed E-state index contributed by atoms with van der Waals surface area (Å²) in [6.45, 7) is 0.451. The molecule has 0 saturated carbocycles. The number of nitrogens with one attached hydrogen (secondary N) is 1. The molecule has 1 N–H and O–H groups in total. The fourth-order valence-electron chi connectivity index (χ4n) is 2.50. The van der Waals surface area contributed by atoms with Crippen LogP contribution in [0.15, 0.2) is 59.2 Å². The molecule has 0 radical (unpaired) electrons. The number of nitrogens with zero attached hydrogens (tertiary/aromatic N) is 2. The van der Waals surface area contributed by atoms with Crippen molar-refractivity contribution in [3.05, 3.63) is 75.6 Å². The second-order valence-corrected chi connectivity index (χ2v) is 6.91. The van der Waals surface area contributed by atoms with E-state index in [0.29, 0.717) is 38.7 Å². The third kappa shape index (κ3) is 4.11. The number of hydrogen-bond acceptors (Lipinski definition) is 5. The molecular formula is C19H12Cl3N3O2. The lowest BCUT2D eigenvalue weighted by molar-refractivity contribution is 0.445. The van der Waals surface area contributed by atoms with Gasteiger partial charge in [0, 0.05) is 15.4 Å². The zero-order chi connectivity index (χ0) is 18.8. The van der Waals surface area contributed by atoms with Crippen LogP contribution in [0, 0.1) is 0 Å². The lowest BCUT2D eigenvalue weighted by Crippen LogP contribution is -2.04. The van der Waals surface area contributed by atoms with Crippen LogP contribution in [0.4, 0.5) is 5.82 Å². The second-order valence-electron chi connectivity index (χ2n) is 5.63. The van der Waals surface area contributed by atoms with Gasteiger partial charge in [0.1, 0.15) is 17.3 Å². The van der Waals surface area contributed by atoms with E-state index in [9.17, 15) is 0 Å². The van der Waals surface area contributed by atoms with Crippen molar-refractivity contribution >= 4 is 51.5 Å². The van der Waals surface area contributed by atoms with Crippen molar-refractivity contribution in [1.29, 1.82) is 0 Å². The minimum Gasteiger partial charge on any atom is -0.467 e. The van der Waals surface area contributed by atoms with Crippen LogP contribution in [0.2, 0.25) is 15.1 Å². The molecule has 2 aromatic heterocycles. The minimum absolute atomic E-state index is 0.149. The molecule has 5 nitrogen and oxygen atoms in total. The van der Waals surface area contributed by atoms with Crippen molar-refractivity contribution in [3.63, 3.8) is 0 Å². The Morgan fingerprint density at radius 1 is 0.963 bits per heavy atom. The highest BCUT2D eigenvalue weighted by molar-refractivity contribution is 6.35. The van der Waals surface area contributed by atoms with Gasteiger partial charge in [-0.05, 0) is 48.5 Å². The highest BCUT2D eigenvalue weighted by atomic mass is 35.5. The first-order chi connectivity index (χ1) is 13.1. The van der Waals surface area contributed by atoms with Gasteiger partial charge in [-0.1, -0.05) is 34.8 Å². The third-order valence-electron chi connectivity index (χ3n) is 3.74. The van der Waals surface area contributed by atoms with Gasteiger partial charge in [-0.25, -0.2) is 0 Å². The van der Waals surface area contributed by atoms with E-state index >= 15 is 0 Å². The number of aromatic nitrogens is 2. The van der Waals surface area contributed by atoms with Crippen molar-refractivity contribution in [2.75, 3.05) is 5.32 Å². The van der Waals surface area contributed by atoms with Crippen LogP contribution in [0.1, 0.15) is 5.76 Å². The van der Waals surface area contributed by atoms with Crippen LogP contribution in [0.25, 0.3) is 10.9 Å². The molecule has 0 aliphatic carbocycles. The summed E-state index contributed by atoms with van der Waals surface area (Å²) >= 11 is 18.2. The summed E-state index contributed by atoms with van der Waals surface area (Å²) < 4.78 is 11.1. The van der Waals surface area contributed by atoms with Crippen molar-refractivity contribution in [2.45, 2.75) is 6.54 Å². The van der Waals surface area contributed by atoms with Gasteiger partial charge in [0.15, 0.2) is 0 Å². The summed E-state index contributed by atoms with van der Waals surface area (Å²) in [6.07, 6.45) is 1.61. The molecule has 0 aliphatic rings. The minimum atomic E-state index is 0.149. The van der Waals surface area contributed by atoms with Crippen LogP contribution in [0.5, 0.6) is 11.8 Å². The van der Waals surface area contributed by atoms with Gasteiger partial charge in [0.05, 0.1) is 23.3 Å². The average Bonchev–Trinajstić information content (AvgIpc) is 3.16. The zero-order valence-corrected chi connectivity index (χ0v) is 16.0. The molecule has 0 atom stereocenters. The Balaban J connectivity index is 1.71. The molecule has 2 heterocycles. The average molecular weight is 421 g/mol. The van der Waals surface area contributed by atoms with Crippen LogP contribution >= 0.6 is 34.8 Å². The topological polar surface area (TPSA) is 60.2 Å². The molecule has 0 saturated heterocycles. The van der Waals surface area contributed by atoms with Gasteiger partial charge in [-0.2, -0.15) is 9.97 Å². The predicted molar refractivity (Wildman–Crippen MR) is 107 cm³/mol. The maximum atomic E-state index is 6.18. The van der Waals surface area contributed by atoms with E-state index in [2.05, 4.69) is 15.3 Å². The monoisotopic (exact) mass is 419 g/mol. The van der Waals surface area contributed by atoms with E-state index in [1.165, 1.54) is 0 Å². The standard InChI is InChI=1S/C19H12Cl3N3O2/c20-11-3-5-16-14(8-11)18(23-10-13-2-1-7-26-13)25-19(24-16)27-17-6-4-12(21)9-15(17)22/h1-9H,10H2,(H,23,24,25). The normalized spacial score (nSPS) is 10.9. The summed E-state index contributed by atoms with van der Waals surface area (Å²) in [7, 11) is 0. The molecule has 0 amide bonds. The summed E-state index contributed by atoms with van der Waals surface area (Å²) in [5, 5.41) is 5.47. The number of anilines is 1. The molecule has 0 fully saturated rings. The van der Waals surface area contributed by atoms with Gasteiger partial charge in [0.25, 0.3) is 0 Å². The summed E-state index contributed by atoms with van der Waals surface area (Å²) in [4.78, 5) is 8.90. The fourth-order valence-corrected chi connectivity index (χ4v) is 3.12. The van der Waals surface area contributed by atoms with Crippen molar-refractivity contribution in [3.8, 4) is 11.8 Å². The third-order valence-corrected chi connectivity index (χ3v) is 4.51. The second kappa shape index (κ2) is 7.64. The van der Waals surface area contributed by atoms with E-state index in [4.69, 9.17) is 44.0 Å². The SMILES string of the molecule is Clc1ccc(Oc2nc(NCc3ccco3)c3cc(Cl)ccc3n2)c(Cl)c1. The van der Waals surface area contributed by atoms with E-state index in [1.807, 2.05) is 12.1 Å². The molecule has 4 aromatic rings. The molecule has 0 aliphatic heterocycles. The maximum Gasteiger partial charge on any atom is 0.324 e. The van der Waals surface area contributed by atoms with Gasteiger partial charge in [-0.15, -0.1) is 0 Å². The molecule has 136 valence electrons. The molecule has 0 spiro atoms. The quantitative estimate of drug-likeness (QED) is 0.395. The maximum absolute atomic E-state index is 6.18. The first-order valence-electron chi connectivity index (χ1n) is 7.95. The van der Waals surface area contributed by atoms with Gasteiger partial charge in [0.2, 0.25) is 0 Å². The van der Waals surface area contributed by atoms with Gasteiger partial charge >= 0.3 is 6.01 Å². The number of fused-ring (bicyclic) bond motifs is 1. The highest BCUT2D eigenvalue weighted by Crippen LogP contribution is 2.32. The van der Waals surface area contributed by atoms with Crippen LogP contribution in [0.3, 0.4) is 0 Å². The van der Waals surface area contributed by atoms with Gasteiger partial charge < -0.3 is 14.5 Å². The van der Waals surface area contributed by atoms with Crippen molar-refractivity contribution < 1.29 is 9.15 Å². The Bertz CT molecular complexity index is 1100. The number of hydrogen-bond donors (Lipinski definition) is 1. The molecule has 8 heteroatoms. The first-order valence-corrected chi connectivity index (χ1v) is 9.08. The molecule has 2 aromatic carbocycles. The number of halogens is 3. The van der Waals surface area contributed by atoms with Crippen molar-refractivity contribution in [1.82, 2.24) is 9.97 Å². The van der Waals surface area contributed by atoms with E-state index in [0.717, 1.165) is 11.1 Å². The first kappa shape index (κ1) is 17.9. The molecule has 4 rings (SSSR count).